The van der Waals surface area contributed by atoms with Gasteiger partial charge in [0.05, 0.1) is 6.61 Å². The van der Waals surface area contributed by atoms with Gasteiger partial charge in [-0.05, 0) is 12.2 Å². The average Bonchev–Trinajstić information content (AvgIpc) is 2.01. The zero-order valence-electron chi connectivity index (χ0n) is 6.52. The van der Waals surface area contributed by atoms with E-state index in [2.05, 4.69) is 10.6 Å². The first-order valence-corrected chi connectivity index (χ1v) is 3.78. The smallest absolute Gasteiger partial charge is 0.166 e. The first-order valence-electron chi connectivity index (χ1n) is 3.38. The molecular weight excluding hydrogens is 167 g/mol. The summed E-state index contributed by atoms with van der Waals surface area (Å²) in [5.74, 6) is 0. The van der Waals surface area contributed by atoms with Gasteiger partial charge in [-0.1, -0.05) is 0 Å². The lowest BCUT2D eigenvalue weighted by molar-refractivity contribution is 0.204. The van der Waals surface area contributed by atoms with E-state index in [-0.39, 0.29) is 6.54 Å². The summed E-state index contributed by atoms with van der Waals surface area (Å²) in [5.41, 5.74) is 0. The van der Waals surface area contributed by atoms with Gasteiger partial charge >= 0.3 is 0 Å². The highest BCUT2D eigenvalue weighted by molar-refractivity contribution is 7.80. The Bertz CT molecular complexity index is 113. The SMILES string of the molecule is COCCNC(=S)NCCF. The average molecular weight is 180 g/mol. The van der Waals surface area contributed by atoms with Crippen LogP contribution in [0.25, 0.3) is 0 Å². The monoisotopic (exact) mass is 180 g/mol. The predicted molar refractivity (Wildman–Crippen MR) is 46.5 cm³/mol. The van der Waals surface area contributed by atoms with Gasteiger partial charge in [-0.15, -0.1) is 0 Å². The van der Waals surface area contributed by atoms with Crippen molar-refractivity contribution in [1.29, 1.82) is 0 Å². The van der Waals surface area contributed by atoms with Crippen LogP contribution in [0.1, 0.15) is 0 Å². The van der Waals surface area contributed by atoms with Crippen molar-refractivity contribution in [2.45, 2.75) is 0 Å². The van der Waals surface area contributed by atoms with Gasteiger partial charge in [-0.25, -0.2) is 4.39 Å². The lowest BCUT2D eigenvalue weighted by Crippen LogP contribution is -2.37. The van der Waals surface area contributed by atoms with Crippen LogP contribution in [0.2, 0.25) is 0 Å². The van der Waals surface area contributed by atoms with Crippen molar-refractivity contribution in [1.82, 2.24) is 10.6 Å². The highest BCUT2D eigenvalue weighted by atomic mass is 32.1. The van der Waals surface area contributed by atoms with E-state index in [0.717, 1.165) is 0 Å². The zero-order valence-corrected chi connectivity index (χ0v) is 7.34. The molecule has 0 aromatic carbocycles. The minimum atomic E-state index is -0.411. The van der Waals surface area contributed by atoms with E-state index in [1.165, 1.54) is 0 Å². The maximum Gasteiger partial charge on any atom is 0.166 e. The summed E-state index contributed by atoms with van der Waals surface area (Å²) in [6, 6.07) is 0. The van der Waals surface area contributed by atoms with E-state index >= 15 is 0 Å². The Labute approximate surface area is 71.3 Å². The number of nitrogens with one attached hydrogen (secondary N) is 2. The normalized spacial score (nSPS) is 9.27. The molecule has 3 nitrogen and oxygen atoms in total. The Balaban J connectivity index is 3.09. The maximum absolute atomic E-state index is 11.6. The second-order valence-corrected chi connectivity index (χ2v) is 2.27. The third-order valence-corrected chi connectivity index (χ3v) is 1.26. The lowest BCUT2D eigenvalue weighted by atomic mass is 10.6. The van der Waals surface area contributed by atoms with Crippen LogP contribution in [-0.2, 0) is 4.74 Å². The number of thiocarbonyl (C=S) groups is 1. The molecule has 0 spiro atoms. The van der Waals surface area contributed by atoms with Crippen LogP contribution >= 0.6 is 12.2 Å². The highest BCUT2D eigenvalue weighted by Gasteiger charge is 1.91. The van der Waals surface area contributed by atoms with Crippen LogP contribution in [-0.4, -0.2) is 38.6 Å². The minimum absolute atomic E-state index is 0.263. The van der Waals surface area contributed by atoms with Crippen LogP contribution in [0.4, 0.5) is 4.39 Å². The summed E-state index contributed by atoms with van der Waals surface area (Å²) in [6.45, 7) is 1.09. The number of rotatable bonds is 5. The molecule has 0 fully saturated rings. The number of ether oxygens (including phenoxy) is 1. The Kier molecular flexibility index (Phi) is 7.39. The Morgan fingerprint density at radius 2 is 2.09 bits per heavy atom. The number of hydrogen-bond donors (Lipinski definition) is 2. The van der Waals surface area contributed by atoms with Gasteiger partial charge in [0.15, 0.2) is 5.11 Å². The molecule has 0 radical (unpaired) electrons. The largest absolute Gasteiger partial charge is 0.383 e. The second-order valence-electron chi connectivity index (χ2n) is 1.86. The second kappa shape index (κ2) is 7.68. The van der Waals surface area contributed by atoms with E-state index in [9.17, 15) is 4.39 Å². The third-order valence-electron chi connectivity index (χ3n) is 0.972. The van der Waals surface area contributed by atoms with Crippen molar-refractivity contribution in [2.24, 2.45) is 0 Å². The summed E-state index contributed by atoms with van der Waals surface area (Å²) in [4.78, 5) is 0. The van der Waals surface area contributed by atoms with Gasteiger partial charge in [-0.2, -0.15) is 0 Å². The summed E-state index contributed by atoms with van der Waals surface area (Å²) >= 11 is 4.79. The third kappa shape index (κ3) is 7.48. The van der Waals surface area contributed by atoms with E-state index in [1.807, 2.05) is 0 Å². The minimum Gasteiger partial charge on any atom is -0.383 e. The molecular formula is C6H13FN2OS. The number of alkyl halides is 1. The molecule has 0 amide bonds. The molecule has 0 aromatic heterocycles. The van der Waals surface area contributed by atoms with E-state index in [1.54, 1.807) is 7.11 Å². The maximum atomic E-state index is 11.6. The first-order chi connectivity index (χ1) is 5.31. The molecule has 0 saturated heterocycles. The predicted octanol–water partition coefficient (Wildman–Crippen LogP) is 0.0664. The van der Waals surface area contributed by atoms with Crippen LogP contribution in [0, 0.1) is 0 Å². The lowest BCUT2D eigenvalue weighted by Gasteiger charge is -2.07. The van der Waals surface area contributed by atoms with Crippen molar-refractivity contribution >= 4 is 17.3 Å². The van der Waals surface area contributed by atoms with E-state index in [0.29, 0.717) is 18.3 Å². The fraction of sp³-hybridized carbons (Fsp3) is 0.833. The molecule has 2 N–H and O–H groups in total. The standard InChI is InChI=1S/C6H13FN2OS/c1-10-5-4-9-6(11)8-3-2-7/h2-5H2,1H3,(H2,8,9,11). The van der Waals surface area contributed by atoms with Gasteiger partial charge in [0.25, 0.3) is 0 Å². The van der Waals surface area contributed by atoms with E-state index in [4.69, 9.17) is 17.0 Å². The van der Waals surface area contributed by atoms with Gasteiger partial charge in [0, 0.05) is 20.2 Å². The number of hydrogen-bond acceptors (Lipinski definition) is 2. The van der Waals surface area contributed by atoms with Gasteiger partial charge in [0.2, 0.25) is 0 Å². The van der Waals surface area contributed by atoms with Gasteiger partial charge < -0.3 is 15.4 Å². The van der Waals surface area contributed by atoms with Crippen molar-refractivity contribution < 1.29 is 9.13 Å². The fourth-order valence-electron chi connectivity index (χ4n) is 0.490. The zero-order chi connectivity index (χ0) is 8.53. The quantitative estimate of drug-likeness (QED) is 0.463. The molecule has 0 aliphatic heterocycles. The van der Waals surface area contributed by atoms with Crippen molar-refractivity contribution in [3.05, 3.63) is 0 Å². The molecule has 0 saturated carbocycles. The molecule has 0 rings (SSSR count). The van der Waals surface area contributed by atoms with Crippen LogP contribution in [0.3, 0.4) is 0 Å². The molecule has 0 aliphatic rings. The summed E-state index contributed by atoms with van der Waals surface area (Å²) in [7, 11) is 1.61. The van der Waals surface area contributed by atoms with Crippen LogP contribution in [0.15, 0.2) is 0 Å². The molecule has 0 bridgehead atoms. The van der Waals surface area contributed by atoms with Gasteiger partial charge in [-0.3, -0.25) is 0 Å². The van der Waals surface area contributed by atoms with Gasteiger partial charge in [0.1, 0.15) is 6.67 Å². The number of halogens is 1. The van der Waals surface area contributed by atoms with Crippen molar-refractivity contribution in [3.63, 3.8) is 0 Å². The Morgan fingerprint density at radius 3 is 2.64 bits per heavy atom. The van der Waals surface area contributed by atoms with Crippen molar-refractivity contribution in [2.75, 3.05) is 33.5 Å². The molecule has 0 unspecified atom stereocenters. The number of methoxy groups -OCH3 is 1. The molecule has 0 atom stereocenters. The van der Waals surface area contributed by atoms with Crippen LogP contribution < -0.4 is 10.6 Å². The molecule has 11 heavy (non-hydrogen) atoms. The van der Waals surface area contributed by atoms with E-state index < -0.39 is 6.67 Å². The fourth-order valence-corrected chi connectivity index (χ4v) is 0.694. The summed E-state index contributed by atoms with van der Waals surface area (Å²) in [5, 5.41) is 6.00. The molecule has 66 valence electrons. The molecule has 5 heteroatoms. The summed E-state index contributed by atoms with van der Waals surface area (Å²) in [6.07, 6.45) is 0. The Hall–Kier alpha value is -0.420. The topological polar surface area (TPSA) is 33.3 Å². The molecule has 0 aliphatic carbocycles. The summed E-state index contributed by atoms with van der Waals surface area (Å²) < 4.78 is 16.3. The molecule has 0 aromatic rings. The first kappa shape index (κ1) is 10.6. The van der Waals surface area contributed by atoms with Crippen LogP contribution in [0.5, 0.6) is 0 Å². The molecule has 0 heterocycles. The highest BCUT2D eigenvalue weighted by Crippen LogP contribution is 1.69. The Morgan fingerprint density at radius 1 is 1.45 bits per heavy atom. The van der Waals surface area contributed by atoms with Crippen molar-refractivity contribution in [3.8, 4) is 0 Å².